The fourth-order valence-corrected chi connectivity index (χ4v) is 2.46. The predicted molar refractivity (Wildman–Crippen MR) is 81.8 cm³/mol. The number of amides is 1. The molecule has 0 saturated heterocycles. The van der Waals surface area contributed by atoms with Crippen LogP contribution in [-0.2, 0) is 4.43 Å². The third-order valence-corrected chi connectivity index (χ3v) is 3.42. The minimum absolute atomic E-state index is 0.161. The van der Waals surface area contributed by atoms with Crippen LogP contribution in [0, 0.1) is 0 Å². The Kier molecular flexibility index (Phi) is 4.36. The van der Waals surface area contributed by atoms with Gasteiger partial charge in [-0.05, 0) is 37.8 Å². The number of benzene rings is 1. The molecular weight excluding hydrogens is 270 g/mol. The topological polar surface area (TPSA) is 62.7 Å². The highest BCUT2D eigenvalue weighted by Crippen LogP contribution is 2.09. The Morgan fingerprint density at radius 3 is 2.65 bits per heavy atom. The van der Waals surface area contributed by atoms with Crippen molar-refractivity contribution < 1.29 is 9.22 Å². The van der Waals surface area contributed by atoms with E-state index in [1.54, 1.807) is 24.4 Å². The molecule has 1 aromatic rings. The molecule has 0 spiro atoms. The summed E-state index contributed by atoms with van der Waals surface area (Å²) in [4.78, 5) is 16.2. The Hall–Kier alpha value is -1.92. The number of hydrogen-bond acceptors (Lipinski definition) is 4. The zero-order chi connectivity index (χ0) is 14.6. The van der Waals surface area contributed by atoms with Crippen molar-refractivity contribution in [3.05, 3.63) is 47.8 Å². The Balaban J connectivity index is 1.96. The molecule has 1 heterocycles. The number of rotatable bonds is 4. The summed E-state index contributed by atoms with van der Waals surface area (Å²) in [6.45, 7) is 6.26. The van der Waals surface area contributed by atoms with Gasteiger partial charge in [0.15, 0.2) is 8.32 Å². The van der Waals surface area contributed by atoms with Crippen molar-refractivity contribution in [3.8, 4) is 0 Å². The molecule has 0 aromatic heterocycles. The molecule has 5 nitrogen and oxygen atoms in total. The van der Waals surface area contributed by atoms with E-state index >= 15 is 0 Å². The van der Waals surface area contributed by atoms with Crippen molar-refractivity contribution in [2.45, 2.75) is 26.0 Å². The second kappa shape index (κ2) is 6.02. The lowest BCUT2D eigenvalue weighted by Gasteiger charge is -2.27. The lowest BCUT2D eigenvalue weighted by Crippen LogP contribution is -2.44. The number of carbonyl (C=O) groups excluding carboxylic acids is 1. The van der Waals surface area contributed by atoms with E-state index in [1.165, 1.54) is 0 Å². The summed E-state index contributed by atoms with van der Waals surface area (Å²) in [5.74, 6) is 0.434. The Bertz CT molecular complexity index is 535. The van der Waals surface area contributed by atoms with Gasteiger partial charge < -0.3 is 15.1 Å². The quantitative estimate of drug-likeness (QED) is 0.834. The molecule has 1 aromatic carbocycles. The van der Waals surface area contributed by atoms with Crippen LogP contribution >= 0.6 is 0 Å². The van der Waals surface area contributed by atoms with Crippen LogP contribution in [0.1, 0.15) is 10.4 Å². The normalized spacial score (nSPS) is 18.1. The number of carbonyl (C=O) groups is 1. The van der Waals surface area contributed by atoms with Gasteiger partial charge in [-0.2, -0.15) is 0 Å². The molecule has 0 bridgehead atoms. The summed E-state index contributed by atoms with van der Waals surface area (Å²) in [5, 5.41) is 5.86. The minimum Gasteiger partial charge on any atom is -0.381 e. The minimum atomic E-state index is -1.69. The summed E-state index contributed by atoms with van der Waals surface area (Å²) in [6.07, 6.45) is 2.92. The first-order valence-corrected chi connectivity index (χ1v) is 9.89. The molecule has 0 radical (unpaired) electrons. The van der Waals surface area contributed by atoms with E-state index in [9.17, 15) is 4.79 Å². The van der Waals surface area contributed by atoms with E-state index in [0.717, 1.165) is 0 Å². The van der Waals surface area contributed by atoms with Gasteiger partial charge in [0.2, 0.25) is 6.35 Å². The number of nitrogens with zero attached hydrogens (tertiary/aromatic N) is 1. The summed E-state index contributed by atoms with van der Waals surface area (Å²) in [6, 6.07) is 9.07. The average molecular weight is 289 g/mol. The van der Waals surface area contributed by atoms with Crippen LogP contribution in [0.25, 0.3) is 0 Å². The highest BCUT2D eigenvalue weighted by atomic mass is 28.4. The molecule has 1 unspecified atom stereocenters. The molecule has 1 aliphatic heterocycles. The highest BCUT2D eigenvalue weighted by Gasteiger charge is 2.22. The predicted octanol–water partition coefficient (Wildman–Crippen LogP) is 2.07. The Labute approximate surface area is 119 Å². The lowest BCUT2D eigenvalue weighted by molar-refractivity contribution is 0.0956. The third kappa shape index (κ3) is 4.32. The van der Waals surface area contributed by atoms with Crippen LogP contribution in [0.4, 0.5) is 0 Å². The zero-order valence-electron chi connectivity index (χ0n) is 11.9. The molecule has 6 heteroatoms. The van der Waals surface area contributed by atoms with Crippen LogP contribution in [0.3, 0.4) is 0 Å². The van der Waals surface area contributed by atoms with Gasteiger partial charge in [-0.25, -0.2) is 4.99 Å². The largest absolute Gasteiger partial charge is 0.381 e. The molecule has 0 saturated carbocycles. The molecular formula is C14H19N3O2Si. The number of aliphatic imine (C=N–C) groups is 1. The number of nitrogens with one attached hydrogen (secondary N) is 2. The summed E-state index contributed by atoms with van der Waals surface area (Å²) >= 11 is 0. The third-order valence-electron chi connectivity index (χ3n) is 2.49. The molecule has 1 aliphatic rings. The molecule has 2 rings (SSSR count). The van der Waals surface area contributed by atoms with Gasteiger partial charge in [0.05, 0.1) is 0 Å². The first kappa shape index (κ1) is 14.5. The maximum Gasteiger partial charge on any atom is 0.256 e. The van der Waals surface area contributed by atoms with Crippen molar-refractivity contribution in [2.24, 2.45) is 4.99 Å². The van der Waals surface area contributed by atoms with Crippen LogP contribution in [0.15, 0.2) is 47.2 Å². The smallest absolute Gasteiger partial charge is 0.256 e. The maximum absolute atomic E-state index is 12.0. The monoisotopic (exact) mass is 289 g/mol. The number of allylic oxidation sites excluding steroid dienone is 1. The van der Waals surface area contributed by atoms with Crippen LogP contribution < -0.4 is 10.6 Å². The molecule has 1 atom stereocenters. The van der Waals surface area contributed by atoms with Crippen LogP contribution in [-0.4, -0.2) is 26.8 Å². The van der Waals surface area contributed by atoms with E-state index in [-0.39, 0.29) is 5.91 Å². The summed E-state index contributed by atoms with van der Waals surface area (Å²) < 4.78 is 5.83. The zero-order valence-corrected chi connectivity index (χ0v) is 12.9. The van der Waals surface area contributed by atoms with E-state index in [1.807, 2.05) is 18.2 Å². The van der Waals surface area contributed by atoms with E-state index in [4.69, 9.17) is 4.43 Å². The van der Waals surface area contributed by atoms with Crippen molar-refractivity contribution in [1.82, 2.24) is 10.6 Å². The van der Waals surface area contributed by atoms with E-state index in [0.29, 0.717) is 11.4 Å². The Morgan fingerprint density at radius 2 is 2.00 bits per heavy atom. The van der Waals surface area contributed by atoms with Gasteiger partial charge in [0, 0.05) is 11.8 Å². The van der Waals surface area contributed by atoms with Crippen molar-refractivity contribution in [3.63, 3.8) is 0 Å². The van der Waals surface area contributed by atoms with Gasteiger partial charge in [0.1, 0.15) is 5.82 Å². The Morgan fingerprint density at radius 1 is 1.30 bits per heavy atom. The van der Waals surface area contributed by atoms with Crippen molar-refractivity contribution in [2.75, 3.05) is 0 Å². The van der Waals surface area contributed by atoms with Gasteiger partial charge in [-0.1, -0.05) is 18.2 Å². The van der Waals surface area contributed by atoms with E-state index < -0.39 is 14.7 Å². The van der Waals surface area contributed by atoms with Gasteiger partial charge in [-0.3, -0.25) is 4.79 Å². The molecule has 1 amide bonds. The second-order valence-corrected chi connectivity index (χ2v) is 9.89. The van der Waals surface area contributed by atoms with Crippen molar-refractivity contribution >= 4 is 20.4 Å². The fraction of sp³-hybridized carbons (Fsp3) is 0.286. The molecule has 0 aliphatic carbocycles. The van der Waals surface area contributed by atoms with E-state index in [2.05, 4.69) is 35.3 Å². The molecule has 106 valence electrons. The van der Waals surface area contributed by atoms with Crippen molar-refractivity contribution in [1.29, 1.82) is 0 Å². The number of hydrogen-bond donors (Lipinski definition) is 2. The van der Waals surface area contributed by atoms with Gasteiger partial charge >= 0.3 is 0 Å². The standard InChI is InChI=1S/C14H19N3O2Si/c1-20(2,3)19-14-15-10-9-12(17-14)16-13(18)11-7-5-4-6-8-11/h4-10,14,17H,1-3H3,(H,16,18). The van der Waals surface area contributed by atoms with Crippen LogP contribution in [0.2, 0.25) is 19.6 Å². The fourth-order valence-electron chi connectivity index (χ4n) is 1.67. The molecule has 20 heavy (non-hydrogen) atoms. The highest BCUT2D eigenvalue weighted by molar-refractivity contribution is 6.69. The van der Waals surface area contributed by atoms with Gasteiger partial charge in [-0.15, -0.1) is 0 Å². The molecule has 0 fully saturated rings. The van der Waals surface area contributed by atoms with Crippen LogP contribution in [0.5, 0.6) is 0 Å². The second-order valence-electron chi connectivity index (χ2n) is 5.43. The molecule has 2 N–H and O–H groups in total. The van der Waals surface area contributed by atoms with Gasteiger partial charge in [0.25, 0.3) is 5.91 Å². The lowest BCUT2D eigenvalue weighted by atomic mass is 10.2. The SMILES string of the molecule is C[Si](C)(C)OC1N=CC=C(NC(=O)c2ccccc2)N1. The summed E-state index contributed by atoms with van der Waals surface area (Å²) in [5.41, 5.74) is 0.611. The maximum atomic E-state index is 12.0. The first-order valence-electron chi connectivity index (χ1n) is 6.48. The average Bonchev–Trinajstić information content (AvgIpc) is 2.38. The first-order chi connectivity index (χ1) is 9.44. The summed E-state index contributed by atoms with van der Waals surface area (Å²) in [7, 11) is -1.69.